The summed E-state index contributed by atoms with van der Waals surface area (Å²) < 4.78 is 0. The lowest BCUT2D eigenvalue weighted by atomic mass is 10.2. The number of H-pyrrole nitrogens is 1. The standard InChI is InChI=1S/C12H13N3.2C2H6/c1-3-4-11-9(7-13-2)10-8-14-6-5-12(10)15-11;2*1-2/h3-8,15H,1-2H3;2*1-2H3/b4-3-,13-7?;;. The molecule has 3 nitrogen and oxygen atoms in total. The quantitative estimate of drug-likeness (QED) is 0.780. The first-order valence-corrected chi connectivity index (χ1v) is 6.87. The van der Waals surface area contributed by atoms with E-state index in [1.165, 1.54) is 0 Å². The Kier molecular flexibility index (Phi) is 9.06. The van der Waals surface area contributed by atoms with Gasteiger partial charge in [-0.2, -0.15) is 0 Å². The molecule has 0 saturated carbocycles. The second-order valence-electron chi connectivity index (χ2n) is 3.26. The Balaban J connectivity index is 0.000000741. The monoisotopic (exact) mass is 259 g/mol. The normalized spacial score (nSPS) is 10.2. The lowest BCUT2D eigenvalue weighted by Gasteiger charge is -1.91. The molecule has 104 valence electrons. The summed E-state index contributed by atoms with van der Waals surface area (Å²) in [6.45, 7) is 10.00. The number of nitrogens with zero attached hydrogens (tertiary/aromatic N) is 2. The van der Waals surface area contributed by atoms with E-state index in [0.29, 0.717) is 0 Å². The Morgan fingerprint density at radius 3 is 2.47 bits per heavy atom. The summed E-state index contributed by atoms with van der Waals surface area (Å²) in [4.78, 5) is 11.5. The third kappa shape index (κ3) is 4.36. The number of aromatic amines is 1. The third-order valence-electron chi connectivity index (χ3n) is 2.26. The van der Waals surface area contributed by atoms with E-state index in [2.05, 4.69) is 15.0 Å². The Morgan fingerprint density at radius 2 is 1.89 bits per heavy atom. The van der Waals surface area contributed by atoms with E-state index < -0.39 is 0 Å². The smallest absolute Gasteiger partial charge is 0.0496 e. The van der Waals surface area contributed by atoms with Gasteiger partial charge in [-0.25, -0.2) is 0 Å². The van der Waals surface area contributed by atoms with Crippen LogP contribution in [0.5, 0.6) is 0 Å². The van der Waals surface area contributed by atoms with Crippen molar-refractivity contribution in [3.8, 4) is 0 Å². The average molecular weight is 259 g/mol. The van der Waals surface area contributed by atoms with Crippen LogP contribution < -0.4 is 0 Å². The molecule has 1 N–H and O–H groups in total. The van der Waals surface area contributed by atoms with E-state index in [1.54, 1.807) is 13.2 Å². The molecule has 0 aliphatic heterocycles. The minimum absolute atomic E-state index is 1.08. The van der Waals surface area contributed by atoms with Crippen LogP contribution in [0.15, 0.2) is 29.5 Å². The van der Waals surface area contributed by atoms with Crippen molar-refractivity contribution in [2.24, 2.45) is 4.99 Å². The fraction of sp³-hybridized carbons (Fsp3) is 0.375. The summed E-state index contributed by atoms with van der Waals surface area (Å²) in [6, 6.07) is 1.97. The molecular weight excluding hydrogens is 234 g/mol. The van der Waals surface area contributed by atoms with Crippen LogP contribution >= 0.6 is 0 Å². The van der Waals surface area contributed by atoms with Crippen molar-refractivity contribution in [2.75, 3.05) is 7.05 Å². The molecule has 0 fully saturated rings. The third-order valence-corrected chi connectivity index (χ3v) is 2.26. The number of allylic oxidation sites excluding steroid dienone is 1. The molecular formula is C16H25N3. The van der Waals surface area contributed by atoms with E-state index in [9.17, 15) is 0 Å². The Morgan fingerprint density at radius 1 is 1.21 bits per heavy atom. The lowest BCUT2D eigenvalue weighted by molar-refractivity contribution is 1.35. The van der Waals surface area contributed by atoms with Gasteiger partial charge in [0.2, 0.25) is 0 Å². The second-order valence-corrected chi connectivity index (χ2v) is 3.26. The summed E-state index contributed by atoms with van der Waals surface area (Å²) in [5.41, 5.74) is 3.26. The number of pyridine rings is 1. The van der Waals surface area contributed by atoms with Gasteiger partial charge in [0, 0.05) is 47.8 Å². The van der Waals surface area contributed by atoms with Gasteiger partial charge in [0.05, 0.1) is 0 Å². The van der Waals surface area contributed by atoms with E-state index >= 15 is 0 Å². The van der Waals surface area contributed by atoms with Gasteiger partial charge >= 0.3 is 0 Å². The molecule has 2 rings (SSSR count). The molecule has 0 bridgehead atoms. The van der Waals surface area contributed by atoms with Gasteiger partial charge in [0.15, 0.2) is 0 Å². The first-order valence-electron chi connectivity index (χ1n) is 6.87. The second kappa shape index (κ2) is 10.1. The van der Waals surface area contributed by atoms with Crippen molar-refractivity contribution in [1.82, 2.24) is 9.97 Å². The topological polar surface area (TPSA) is 41.0 Å². The zero-order valence-corrected chi connectivity index (χ0v) is 12.9. The van der Waals surface area contributed by atoms with Gasteiger partial charge in [-0.15, -0.1) is 0 Å². The molecule has 0 aliphatic carbocycles. The fourth-order valence-electron chi connectivity index (χ4n) is 1.64. The van der Waals surface area contributed by atoms with Gasteiger partial charge in [-0.3, -0.25) is 9.98 Å². The number of rotatable bonds is 2. The molecule has 19 heavy (non-hydrogen) atoms. The van der Waals surface area contributed by atoms with Gasteiger partial charge in [-0.05, 0) is 19.1 Å². The maximum atomic E-state index is 4.12. The lowest BCUT2D eigenvalue weighted by Crippen LogP contribution is -1.82. The minimum atomic E-state index is 1.08. The van der Waals surface area contributed by atoms with Gasteiger partial charge in [0.1, 0.15) is 0 Å². The highest BCUT2D eigenvalue weighted by Crippen LogP contribution is 2.20. The number of aliphatic imine (C=N–C) groups is 1. The molecule has 3 heteroatoms. The summed E-state index contributed by atoms with van der Waals surface area (Å²) in [7, 11) is 1.77. The molecule has 0 saturated heterocycles. The van der Waals surface area contributed by atoms with Crippen LogP contribution in [-0.4, -0.2) is 23.2 Å². The van der Waals surface area contributed by atoms with Crippen molar-refractivity contribution in [3.63, 3.8) is 0 Å². The molecule has 0 spiro atoms. The van der Waals surface area contributed by atoms with Gasteiger partial charge in [0.25, 0.3) is 0 Å². The van der Waals surface area contributed by atoms with Crippen molar-refractivity contribution < 1.29 is 0 Å². The predicted molar refractivity (Wildman–Crippen MR) is 87.0 cm³/mol. The number of aromatic nitrogens is 2. The van der Waals surface area contributed by atoms with Crippen LogP contribution in [-0.2, 0) is 0 Å². The molecule has 2 aromatic heterocycles. The zero-order chi connectivity index (χ0) is 14.7. The maximum absolute atomic E-state index is 4.12. The van der Waals surface area contributed by atoms with E-state index in [-0.39, 0.29) is 0 Å². The highest BCUT2D eigenvalue weighted by molar-refractivity contribution is 6.02. The number of fused-ring (bicyclic) bond motifs is 1. The first kappa shape index (κ1) is 17.1. The molecule has 0 radical (unpaired) electrons. The minimum Gasteiger partial charge on any atom is -0.354 e. The first-order chi connectivity index (χ1) is 9.36. The number of nitrogens with one attached hydrogen (secondary N) is 1. The predicted octanol–water partition coefficient (Wildman–Crippen LogP) is 4.70. The van der Waals surface area contributed by atoms with E-state index in [4.69, 9.17) is 0 Å². The van der Waals surface area contributed by atoms with Crippen molar-refractivity contribution >= 4 is 23.2 Å². The molecule has 0 unspecified atom stereocenters. The summed E-state index contributed by atoms with van der Waals surface area (Å²) in [5, 5.41) is 1.11. The number of hydrogen-bond acceptors (Lipinski definition) is 2. The van der Waals surface area contributed by atoms with Crippen LogP contribution in [0.25, 0.3) is 17.0 Å². The Hall–Kier alpha value is -1.90. The molecule has 0 amide bonds. The molecule has 2 heterocycles. The van der Waals surface area contributed by atoms with Crippen LogP contribution in [0.1, 0.15) is 45.9 Å². The van der Waals surface area contributed by atoms with Crippen LogP contribution in [0.4, 0.5) is 0 Å². The van der Waals surface area contributed by atoms with Crippen LogP contribution in [0, 0.1) is 0 Å². The average Bonchev–Trinajstić information content (AvgIpc) is 2.82. The van der Waals surface area contributed by atoms with Crippen molar-refractivity contribution in [3.05, 3.63) is 35.8 Å². The van der Waals surface area contributed by atoms with Crippen molar-refractivity contribution in [2.45, 2.75) is 34.6 Å². The van der Waals surface area contributed by atoms with Crippen LogP contribution in [0.3, 0.4) is 0 Å². The van der Waals surface area contributed by atoms with E-state index in [0.717, 1.165) is 22.2 Å². The number of hydrogen-bond donors (Lipinski definition) is 1. The highest BCUT2D eigenvalue weighted by Gasteiger charge is 2.06. The SMILES string of the molecule is C/C=C\c1[nH]c2ccncc2c1C=NC.CC.CC. The summed E-state index contributed by atoms with van der Waals surface area (Å²) >= 11 is 0. The molecule has 0 aliphatic rings. The molecule has 2 aromatic rings. The van der Waals surface area contributed by atoms with E-state index in [1.807, 2.05) is 65.2 Å². The molecule has 0 aromatic carbocycles. The Labute approximate surface area is 116 Å². The maximum Gasteiger partial charge on any atom is 0.0496 e. The highest BCUT2D eigenvalue weighted by atomic mass is 14.7. The fourth-order valence-corrected chi connectivity index (χ4v) is 1.64. The largest absolute Gasteiger partial charge is 0.354 e. The van der Waals surface area contributed by atoms with Gasteiger partial charge < -0.3 is 4.98 Å². The summed E-state index contributed by atoms with van der Waals surface area (Å²) in [5.74, 6) is 0. The van der Waals surface area contributed by atoms with Crippen LogP contribution in [0.2, 0.25) is 0 Å². The van der Waals surface area contributed by atoms with Crippen molar-refractivity contribution in [1.29, 1.82) is 0 Å². The van der Waals surface area contributed by atoms with Gasteiger partial charge in [-0.1, -0.05) is 33.8 Å². The molecule has 0 atom stereocenters. The zero-order valence-electron chi connectivity index (χ0n) is 12.9. The summed E-state index contributed by atoms with van der Waals surface area (Å²) in [6.07, 6.45) is 9.54. The Bertz CT molecular complexity index is 522.